The lowest BCUT2D eigenvalue weighted by atomic mass is 10.1. The highest BCUT2D eigenvalue weighted by atomic mass is 32.1. The van der Waals surface area contributed by atoms with Gasteiger partial charge in [-0.05, 0) is 31.1 Å². The Morgan fingerprint density at radius 3 is 3.24 bits per heavy atom. The van der Waals surface area contributed by atoms with Crippen molar-refractivity contribution in [1.29, 1.82) is 0 Å². The zero-order valence-corrected chi connectivity index (χ0v) is 10.5. The van der Waals surface area contributed by atoms with Crippen LogP contribution in [-0.4, -0.2) is 10.9 Å². The summed E-state index contributed by atoms with van der Waals surface area (Å²) in [5, 5.41) is 5.52. The van der Waals surface area contributed by atoms with Gasteiger partial charge < -0.3 is 5.32 Å². The molecule has 1 saturated carbocycles. The summed E-state index contributed by atoms with van der Waals surface area (Å²) in [5.41, 5.74) is 0. The molecule has 2 aliphatic carbocycles. The molecule has 0 aliphatic heterocycles. The highest BCUT2D eigenvalue weighted by molar-refractivity contribution is 7.13. The molecule has 2 aliphatic rings. The number of nitrogens with one attached hydrogen (secondary N) is 1. The fourth-order valence-electron chi connectivity index (χ4n) is 2.77. The quantitative estimate of drug-likeness (QED) is 0.817. The van der Waals surface area contributed by atoms with Crippen LogP contribution in [0.15, 0.2) is 23.7 Å². The van der Waals surface area contributed by atoms with E-state index in [4.69, 9.17) is 0 Å². The maximum Gasteiger partial charge on any atom is 0.230 e. The van der Waals surface area contributed by atoms with Crippen molar-refractivity contribution in [3.63, 3.8) is 0 Å². The third-order valence-corrected chi connectivity index (χ3v) is 4.40. The molecule has 0 aromatic carbocycles. The molecule has 3 rings (SSSR count). The first-order valence-electron chi connectivity index (χ1n) is 6.23. The van der Waals surface area contributed by atoms with E-state index in [1.807, 2.05) is 5.38 Å². The zero-order valence-electron chi connectivity index (χ0n) is 9.63. The minimum absolute atomic E-state index is 0.154. The molecule has 0 bridgehead atoms. The van der Waals surface area contributed by atoms with E-state index in [0.29, 0.717) is 11.8 Å². The SMILES string of the molecule is O=C(Nc1nccs1)[C@H]1[C@H]2C=CCCCC[C@@H]21. The van der Waals surface area contributed by atoms with Crippen molar-refractivity contribution in [2.24, 2.45) is 17.8 Å². The predicted molar refractivity (Wildman–Crippen MR) is 68.8 cm³/mol. The molecule has 1 heterocycles. The molecule has 4 heteroatoms. The highest BCUT2D eigenvalue weighted by Gasteiger charge is 2.52. The van der Waals surface area contributed by atoms with E-state index in [1.54, 1.807) is 6.20 Å². The van der Waals surface area contributed by atoms with Gasteiger partial charge in [-0.3, -0.25) is 4.79 Å². The van der Waals surface area contributed by atoms with Gasteiger partial charge in [-0.1, -0.05) is 18.6 Å². The van der Waals surface area contributed by atoms with Crippen LogP contribution in [0.5, 0.6) is 0 Å². The summed E-state index contributed by atoms with van der Waals surface area (Å²) in [6.07, 6.45) is 11.1. The molecule has 90 valence electrons. The lowest BCUT2D eigenvalue weighted by Gasteiger charge is -2.00. The molecule has 1 aromatic rings. The van der Waals surface area contributed by atoms with Crippen LogP contribution < -0.4 is 5.32 Å². The van der Waals surface area contributed by atoms with Crippen LogP contribution in [-0.2, 0) is 4.79 Å². The van der Waals surface area contributed by atoms with Crippen molar-refractivity contribution in [2.75, 3.05) is 5.32 Å². The number of hydrogen-bond acceptors (Lipinski definition) is 3. The number of aromatic nitrogens is 1. The van der Waals surface area contributed by atoms with Gasteiger partial charge >= 0.3 is 0 Å². The van der Waals surface area contributed by atoms with Gasteiger partial charge in [-0.25, -0.2) is 4.98 Å². The van der Waals surface area contributed by atoms with Gasteiger partial charge in [-0.2, -0.15) is 0 Å². The van der Waals surface area contributed by atoms with Crippen molar-refractivity contribution < 1.29 is 4.79 Å². The van der Waals surface area contributed by atoms with Crippen molar-refractivity contribution in [2.45, 2.75) is 25.7 Å². The van der Waals surface area contributed by atoms with E-state index >= 15 is 0 Å². The normalized spacial score (nSPS) is 31.2. The van der Waals surface area contributed by atoms with Gasteiger partial charge in [0.2, 0.25) is 5.91 Å². The Kier molecular flexibility index (Phi) is 2.97. The second kappa shape index (κ2) is 4.61. The molecule has 3 nitrogen and oxygen atoms in total. The van der Waals surface area contributed by atoms with Crippen LogP contribution in [0.1, 0.15) is 25.7 Å². The van der Waals surface area contributed by atoms with Crippen LogP contribution in [0, 0.1) is 17.8 Å². The summed E-state index contributed by atoms with van der Waals surface area (Å²) in [4.78, 5) is 16.2. The molecule has 0 radical (unpaired) electrons. The van der Waals surface area contributed by atoms with Crippen LogP contribution in [0.3, 0.4) is 0 Å². The Labute approximate surface area is 105 Å². The first-order valence-corrected chi connectivity index (χ1v) is 7.11. The Morgan fingerprint density at radius 2 is 2.41 bits per heavy atom. The monoisotopic (exact) mass is 248 g/mol. The van der Waals surface area contributed by atoms with Gasteiger partial charge in [-0.15, -0.1) is 11.3 Å². The molecular formula is C13H16N2OS. The minimum atomic E-state index is 0.154. The molecule has 3 atom stereocenters. The van der Waals surface area contributed by atoms with Gasteiger partial charge in [0, 0.05) is 17.5 Å². The number of thiazole rings is 1. The van der Waals surface area contributed by atoms with E-state index < -0.39 is 0 Å². The zero-order chi connectivity index (χ0) is 11.7. The average molecular weight is 248 g/mol. The van der Waals surface area contributed by atoms with Crippen LogP contribution in [0.4, 0.5) is 5.13 Å². The summed E-state index contributed by atoms with van der Waals surface area (Å²) < 4.78 is 0. The number of allylic oxidation sites excluding steroid dienone is 2. The highest BCUT2D eigenvalue weighted by Crippen LogP contribution is 2.51. The van der Waals surface area contributed by atoms with Gasteiger partial charge in [0.05, 0.1) is 0 Å². The van der Waals surface area contributed by atoms with Gasteiger partial charge in [0.25, 0.3) is 0 Å². The molecule has 17 heavy (non-hydrogen) atoms. The molecule has 1 amide bonds. The number of rotatable bonds is 2. The van der Waals surface area contributed by atoms with Crippen LogP contribution >= 0.6 is 11.3 Å². The standard InChI is InChI=1S/C13H16N2OS/c16-12(15-13-14-7-8-17-13)11-9-5-3-1-2-4-6-10(9)11/h3,5,7-11H,1-2,4,6H2,(H,14,15,16)/t9-,10-,11-/m0/s1. The molecule has 1 aromatic heterocycles. The van der Waals surface area contributed by atoms with E-state index in [0.717, 1.165) is 5.13 Å². The Morgan fingerprint density at radius 1 is 1.47 bits per heavy atom. The van der Waals surface area contributed by atoms with Crippen LogP contribution in [0.2, 0.25) is 0 Å². The maximum absolute atomic E-state index is 12.1. The van der Waals surface area contributed by atoms with Crippen molar-refractivity contribution in [1.82, 2.24) is 4.98 Å². The molecule has 0 saturated heterocycles. The number of carbonyl (C=O) groups excluding carboxylic acids is 1. The van der Waals surface area contributed by atoms with Crippen molar-refractivity contribution in [3.05, 3.63) is 23.7 Å². The topological polar surface area (TPSA) is 42.0 Å². The lowest BCUT2D eigenvalue weighted by molar-refractivity contribution is -0.117. The molecule has 1 fully saturated rings. The average Bonchev–Trinajstić information content (AvgIpc) is 2.72. The summed E-state index contributed by atoms with van der Waals surface area (Å²) in [7, 11) is 0. The van der Waals surface area contributed by atoms with E-state index in [2.05, 4.69) is 22.5 Å². The first-order chi connectivity index (χ1) is 8.36. The lowest BCUT2D eigenvalue weighted by Crippen LogP contribution is -2.15. The third-order valence-electron chi connectivity index (χ3n) is 3.71. The van der Waals surface area contributed by atoms with Crippen LogP contribution in [0.25, 0.3) is 0 Å². The number of amides is 1. The number of hydrogen-bond donors (Lipinski definition) is 1. The number of carbonyl (C=O) groups is 1. The molecule has 0 spiro atoms. The molecular weight excluding hydrogens is 232 g/mol. The summed E-state index contributed by atoms with van der Waals surface area (Å²) in [5.74, 6) is 1.40. The van der Waals surface area contributed by atoms with E-state index in [1.165, 1.54) is 37.0 Å². The largest absolute Gasteiger partial charge is 0.302 e. The van der Waals surface area contributed by atoms with Crippen molar-refractivity contribution in [3.8, 4) is 0 Å². The predicted octanol–water partition coefficient (Wildman–Crippen LogP) is 3.07. The number of fused-ring (bicyclic) bond motifs is 1. The summed E-state index contributed by atoms with van der Waals surface area (Å²) in [6, 6.07) is 0. The first kappa shape index (κ1) is 11.0. The Bertz CT molecular complexity index is 427. The fraction of sp³-hybridized carbons (Fsp3) is 0.538. The second-order valence-corrected chi connectivity index (χ2v) is 5.70. The third kappa shape index (κ3) is 2.27. The molecule has 1 N–H and O–H groups in total. The molecule has 0 unspecified atom stereocenters. The smallest absolute Gasteiger partial charge is 0.230 e. The summed E-state index contributed by atoms with van der Waals surface area (Å²) in [6.45, 7) is 0. The fourth-order valence-corrected chi connectivity index (χ4v) is 3.31. The Hall–Kier alpha value is -1.16. The van der Waals surface area contributed by atoms with Gasteiger partial charge in [0.1, 0.15) is 0 Å². The van der Waals surface area contributed by atoms with E-state index in [9.17, 15) is 4.79 Å². The minimum Gasteiger partial charge on any atom is -0.302 e. The van der Waals surface area contributed by atoms with Crippen molar-refractivity contribution >= 4 is 22.4 Å². The number of nitrogens with zero attached hydrogens (tertiary/aromatic N) is 1. The van der Waals surface area contributed by atoms with Gasteiger partial charge in [0.15, 0.2) is 5.13 Å². The Balaban J connectivity index is 1.64. The summed E-state index contributed by atoms with van der Waals surface area (Å²) >= 11 is 1.48. The van der Waals surface area contributed by atoms with E-state index in [-0.39, 0.29) is 11.8 Å². The maximum atomic E-state index is 12.1. The second-order valence-electron chi connectivity index (χ2n) is 4.81. The number of anilines is 1.